The van der Waals surface area contributed by atoms with Crippen LogP contribution in [0.3, 0.4) is 0 Å². The number of fused-ring (bicyclic) bond motifs is 1. The molecule has 3 heteroatoms. The van der Waals surface area contributed by atoms with E-state index in [0.717, 1.165) is 10.8 Å². The summed E-state index contributed by atoms with van der Waals surface area (Å²) >= 11 is 0. The number of rotatable bonds is 2. The Labute approximate surface area is 99.0 Å². The average molecular weight is 228 g/mol. The van der Waals surface area contributed by atoms with E-state index in [9.17, 15) is 9.90 Å². The van der Waals surface area contributed by atoms with Crippen LogP contribution in [0.4, 0.5) is 0 Å². The summed E-state index contributed by atoms with van der Waals surface area (Å²) in [4.78, 5) is 11.4. The van der Waals surface area contributed by atoms with Crippen molar-refractivity contribution in [2.45, 2.75) is 6.92 Å². The fourth-order valence-corrected chi connectivity index (χ4v) is 1.61. The van der Waals surface area contributed by atoms with Crippen molar-refractivity contribution in [3.63, 3.8) is 0 Å². The minimum absolute atomic E-state index is 0.189. The van der Waals surface area contributed by atoms with Crippen LogP contribution in [0, 0.1) is 0 Å². The molecule has 2 rings (SSSR count). The molecular formula is C14H12O3. The lowest BCUT2D eigenvalue weighted by atomic mass is 10.1. The van der Waals surface area contributed by atoms with Crippen LogP contribution >= 0.6 is 0 Å². The van der Waals surface area contributed by atoms with Gasteiger partial charge in [0.1, 0.15) is 11.5 Å². The fraction of sp³-hybridized carbons (Fsp3) is 0.0714. The molecule has 0 amide bonds. The Kier molecular flexibility index (Phi) is 3.10. The van der Waals surface area contributed by atoms with E-state index in [-0.39, 0.29) is 5.75 Å². The van der Waals surface area contributed by atoms with E-state index < -0.39 is 5.97 Å². The van der Waals surface area contributed by atoms with Crippen molar-refractivity contribution < 1.29 is 14.6 Å². The third-order valence-corrected chi connectivity index (χ3v) is 2.34. The number of phenolic OH excluding ortho intramolecular Hbond substituents is 1. The average Bonchev–Trinajstić information content (AvgIpc) is 2.29. The SMILES string of the molecule is C/C=C/C(=O)Oc1cccc2cc(O)ccc12. The minimum Gasteiger partial charge on any atom is -0.508 e. The van der Waals surface area contributed by atoms with Gasteiger partial charge in [0, 0.05) is 11.5 Å². The number of aromatic hydroxyl groups is 1. The highest BCUT2D eigenvalue weighted by Gasteiger charge is 2.05. The van der Waals surface area contributed by atoms with Gasteiger partial charge in [-0.3, -0.25) is 0 Å². The number of benzene rings is 2. The molecular weight excluding hydrogens is 216 g/mol. The van der Waals surface area contributed by atoms with Crippen molar-refractivity contribution in [3.8, 4) is 11.5 Å². The third-order valence-electron chi connectivity index (χ3n) is 2.34. The van der Waals surface area contributed by atoms with Gasteiger partial charge in [-0.1, -0.05) is 18.2 Å². The molecule has 0 aliphatic heterocycles. The number of ether oxygens (including phenoxy) is 1. The Bertz CT molecular complexity index is 585. The smallest absolute Gasteiger partial charge is 0.335 e. The first-order valence-electron chi connectivity index (χ1n) is 5.27. The Morgan fingerprint density at radius 2 is 2.12 bits per heavy atom. The molecule has 2 aromatic carbocycles. The Hall–Kier alpha value is -2.29. The van der Waals surface area contributed by atoms with Crippen LogP contribution in [0.25, 0.3) is 10.8 Å². The lowest BCUT2D eigenvalue weighted by molar-refractivity contribution is -0.128. The Morgan fingerprint density at radius 3 is 2.88 bits per heavy atom. The number of allylic oxidation sites excluding steroid dienone is 1. The zero-order valence-electron chi connectivity index (χ0n) is 9.38. The monoisotopic (exact) mass is 228 g/mol. The Balaban J connectivity index is 2.44. The molecule has 0 atom stereocenters. The molecule has 3 nitrogen and oxygen atoms in total. The van der Waals surface area contributed by atoms with Gasteiger partial charge in [-0.15, -0.1) is 0 Å². The van der Waals surface area contributed by atoms with E-state index in [1.54, 1.807) is 43.3 Å². The highest BCUT2D eigenvalue weighted by Crippen LogP contribution is 2.28. The van der Waals surface area contributed by atoms with Gasteiger partial charge in [0.05, 0.1) is 0 Å². The molecule has 0 aliphatic carbocycles. The second-order valence-electron chi connectivity index (χ2n) is 3.58. The summed E-state index contributed by atoms with van der Waals surface area (Å²) in [7, 11) is 0. The number of phenols is 1. The van der Waals surface area contributed by atoms with Crippen LogP contribution in [0.5, 0.6) is 11.5 Å². The quantitative estimate of drug-likeness (QED) is 0.488. The first kappa shape index (κ1) is 11.2. The maximum Gasteiger partial charge on any atom is 0.335 e. The Morgan fingerprint density at radius 1 is 1.29 bits per heavy atom. The number of esters is 1. The lowest BCUT2D eigenvalue weighted by Crippen LogP contribution is -2.03. The molecule has 17 heavy (non-hydrogen) atoms. The molecule has 0 bridgehead atoms. The van der Waals surface area contributed by atoms with Gasteiger partial charge in [-0.05, 0) is 36.6 Å². The normalized spacial score (nSPS) is 10.9. The molecule has 86 valence electrons. The highest BCUT2D eigenvalue weighted by atomic mass is 16.5. The first-order chi connectivity index (χ1) is 8.20. The van der Waals surface area contributed by atoms with Crippen LogP contribution < -0.4 is 4.74 Å². The molecule has 0 aliphatic rings. The first-order valence-corrected chi connectivity index (χ1v) is 5.27. The maximum atomic E-state index is 11.4. The zero-order chi connectivity index (χ0) is 12.3. The molecule has 0 saturated heterocycles. The summed E-state index contributed by atoms with van der Waals surface area (Å²) in [6.07, 6.45) is 2.98. The largest absolute Gasteiger partial charge is 0.508 e. The molecule has 2 aromatic rings. The van der Waals surface area contributed by atoms with E-state index >= 15 is 0 Å². The third kappa shape index (κ3) is 2.45. The van der Waals surface area contributed by atoms with Crippen LogP contribution in [0.1, 0.15) is 6.92 Å². The highest BCUT2D eigenvalue weighted by molar-refractivity contribution is 5.93. The second kappa shape index (κ2) is 4.70. The van der Waals surface area contributed by atoms with Crippen molar-refractivity contribution in [1.29, 1.82) is 0 Å². The van der Waals surface area contributed by atoms with Gasteiger partial charge in [0.2, 0.25) is 0 Å². The van der Waals surface area contributed by atoms with Crippen molar-refractivity contribution >= 4 is 16.7 Å². The summed E-state index contributed by atoms with van der Waals surface area (Å²) in [6.45, 7) is 1.75. The molecule has 0 unspecified atom stereocenters. The number of carbonyl (C=O) groups is 1. The number of carbonyl (C=O) groups excluding carboxylic acids is 1. The molecule has 0 saturated carbocycles. The van der Waals surface area contributed by atoms with Crippen molar-refractivity contribution in [3.05, 3.63) is 48.6 Å². The van der Waals surface area contributed by atoms with Gasteiger partial charge in [-0.25, -0.2) is 4.79 Å². The van der Waals surface area contributed by atoms with Crippen molar-refractivity contribution in [2.75, 3.05) is 0 Å². The standard InChI is InChI=1S/C14H12O3/c1-2-4-14(16)17-13-6-3-5-10-9-11(15)7-8-12(10)13/h2-9,15H,1H3/b4-2+. The van der Waals surface area contributed by atoms with E-state index in [4.69, 9.17) is 4.74 Å². The minimum atomic E-state index is -0.409. The summed E-state index contributed by atoms with van der Waals surface area (Å²) in [6, 6.07) is 10.3. The zero-order valence-corrected chi connectivity index (χ0v) is 9.38. The maximum absolute atomic E-state index is 11.4. The number of hydrogen-bond acceptors (Lipinski definition) is 3. The van der Waals surface area contributed by atoms with Crippen LogP contribution in [-0.4, -0.2) is 11.1 Å². The van der Waals surface area contributed by atoms with E-state index in [2.05, 4.69) is 0 Å². The molecule has 0 heterocycles. The molecule has 0 fully saturated rings. The van der Waals surface area contributed by atoms with Gasteiger partial charge >= 0.3 is 5.97 Å². The van der Waals surface area contributed by atoms with E-state index in [1.165, 1.54) is 6.08 Å². The van der Waals surface area contributed by atoms with Gasteiger partial charge in [0.15, 0.2) is 0 Å². The summed E-state index contributed by atoms with van der Waals surface area (Å²) in [5.41, 5.74) is 0. The number of hydrogen-bond donors (Lipinski definition) is 1. The summed E-state index contributed by atoms with van der Waals surface area (Å²) < 4.78 is 5.20. The van der Waals surface area contributed by atoms with Gasteiger partial charge in [-0.2, -0.15) is 0 Å². The van der Waals surface area contributed by atoms with Gasteiger partial charge < -0.3 is 9.84 Å². The molecule has 0 spiro atoms. The molecule has 1 N–H and O–H groups in total. The fourth-order valence-electron chi connectivity index (χ4n) is 1.61. The van der Waals surface area contributed by atoms with E-state index in [0.29, 0.717) is 5.75 Å². The van der Waals surface area contributed by atoms with Gasteiger partial charge in [0.25, 0.3) is 0 Å². The van der Waals surface area contributed by atoms with Crippen molar-refractivity contribution in [1.82, 2.24) is 0 Å². The molecule has 0 aromatic heterocycles. The lowest BCUT2D eigenvalue weighted by Gasteiger charge is -2.06. The topological polar surface area (TPSA) is 46.5 Å². The van der Waals surface area contributed by atoms with Crippen molar-refractivity contribution in [2.24, 2.45) is 0 Å². The predicted molar refractivity (Wildman–Crippen MR) is 66.1 cm³/mol. The van der Waals surface area contributed by atoms with Crippen LogP contribution in [0.2, 0.25) is 0 Å². The summed E-state index contributed by atoms with van der Waals surface area (Å²) in [5, 5.41) is 11.0. The summed E-state index contributed by atoms with van der Waals surface area (Å²) in [5.74, 6) is 0.271. The second-order valence-corrected chi connectivity index (χ2v) is 3.58. The van der Waals surface area contributed by atoms with Crippen LogP contribution in [-0.2, 0) is 4.79 Å². The predicted octanol–water partition coefficient (Wildman–Crippen LogP) is 3.03. The molecule has 0 radical (unpaired) electrons. The van der Waals surface area contributed by atoms with Crippen LogP contribution in [0.15, 0.2) is 48.6 Å². The van der Waals surface area contributed by atoms with E-state index in [1.807, 2.05) is 6.07 Å².